The monoisotopic (exact) mass is 1500 g/mol. The zero-order chi connectivity index (χ0) is 78.4. The Kier molecular flexibility index (Phi) is 39.4. The third-order valence-electron chi connectivity index (χ3n) is 22.9. The van der Waals surface area contributed by atoms with E-state index in [1.807, 2.05) is 48.5 Å². The highest BCUT2D eigenvalue weighted by atomic mass is 16.5. The first-order chi connectivity index (χ1) is 55.3. The van der Waals surface area contributed by atoms with Crippen LogP contribution in [0.1, 0.15) is 351 Å². The van der Waals surface area contributed by atoms with Gasteiger partial charge < -0.3 is 18.9 Å². The van der Waals surface area contributed by atoms with Gasteiger partial charge in [-0.25, -0.2) is 0 Å². The van der Waals surface area contributed by atoms with E-state index >= 15 is 0 Å². The minimum Gasteiger partial charge on any atom is -0.493 e. The Labute approximate surface area is 676 Å². The van der Waals surface area contributed by atoms with E-state index in [4.69, 9.17) is 18.9 Å². The third-order valence-corrected chi connectivity index (χ3v) is 22.9. The van der Waals surface area contributed by atoms with Crippen molar-refractivity contribution >= 4 is 0 Å². The fraction of sp³-hybridized carbons (Fsp3) is 0.500. The maximum Gasteiger partial charge on any atom is 0.126 e. The van der Waals surface area contributed by atoms with Gasteiger partial charge in [-0.05, 0) is 212 Å². The van der Waals surface area contributed by atoms with E-state index in [0.717, 1.165) is 163 Å². The van der Waals surface area contributed by atoms with Crippen LogP contribution >= 0.6 is 0 Å². The van der Waals surface area contributed by atoms with Crippen LogP contribution in [0.3, 0.4) is 0 Å². The first-order valence-corrected chi connectivity index (χ1v) is 44.4. The average molecular weight is 1500 g/mol. The van der Waals surface area contributed by atoms with Gasteiger partial charge in [0.25, 0.3) is 0 Å². The number of benzene rings is 8. The van der Waals surface area contributed by atoms with Gasteiger partial charge in [-0.3, -0.25) is 0 Å². The van der Waals surface area contributed by atoms with Crippen LogP contribution in [0, 0.1) is 45.3 Å². The standard InChI is InChI=1S/C104H132N4O4/c1-5-9-13-17-21-25-29-33-37-41-61-109-101-93-65-89(85-53-45-81(77-105)46-54-85)66-94(101)74-96-68-91(87-57-49-83(79-107)50-58-87)70-98(103(96)111-63-43-39-35-31-27-23-19-15-11-7-3)76-100-72-92(88-59-51-84(80-108)52-60-88)71-99(104(100)112-64-44-40-36-32-28-24-20-16-12-8-4)75-97-69-90(86-55-47-82(78-106)48-56-86)67-95(73-93)102(97)110-62-42-38-34-30-26-22-18-14-10-6-2/h45-60,65-72H,5-44,61-64,73-76H2,1-4H3. The first-order valence-electron chi connectivity index (χ1n) is 44.4. The number of hydrogen-bond donors (Lipinski definition) is 0. The van der Waals surface area contributed by atoms with Crippen LogP contribution in [0.2, 0.25) is 0 Å². The van der Waals surface area contributed by atoms with Crippen molar-refractivity contribution in [2.24, 2.45) is 0 Å². The number of ether oxygens (including phenoxy) is 4. The van der Waals surface area contributed by atoms with Crippen LogP contribution in [0.25, 0.3) is 44.5 Å². The van der Waals surface area contributed by atoms with Gasteiger partial charge in [0, 0.05) is 25.7 Å². The van der Waals surface area contributed by atoms with Crippen LogP contribution in [0.15, 0.2) is 146 Å². The molecule has 0 atom stereocenters. The SMILES string of the molecule is CCCCCCCCCCCCOc1c2cc(-c3ccc(C#N)cc3)cc1Cc1cc(-c3ccc(C#N)cc3)cc(c1OCCCCCCCCCCCC)Cc1cc(-c3ccc(C#N)cc3)cc(c1OCCCCCCCCCCCC)Cc1cc(-c3ccc(C#N)cc3)cc(c1OCCCCCCCCCCCC)C2. The minimum atomic E-state index is 0.478. The molecule has 8 bridgehead atoms. The highest BCUT2D eigenvalue weighted by Gasteiger charge is 2.27. The van der Waals surface area contributed by atoms with Crippen LogP contribution < -0.4 is 18.9 Å². The number of unbranched alkanes of at least 4 members (excludes halogenated alkanes) is 36. The molecule has 0 unspecified atom stereocenters. The second-order valence-electron chi connectivity index (χ2n) is 32.1. The van der Waals surface area contributed by atoms with E-state index in [0.29, 0.717) is 74.4 Å². The maximum atomic E-state index is 10.2. The molecule has 8 nitrogen and oxygen atoms in total. The van der Waals surface area contributed by atoms with Crippen LogP contribution in [0.4, 0.5) is 0 Å². The summed E-state index contributed by atoms with van der Waals surface area (Å²) < 4.78 is 30.2. The summed E-state index contributed by atoms with van der Waals surface area (Å²) in [7, 11) is 0. The highest BCUT2D eigenvalue weighted by Crippen LogP contribution is 2.45. The average Bonchev–Trinajstić information content (AvgIpc) is 0.766. The Morgan fingerprint density at radius 3 is 0.482 bits per heavy atom. The summed E-state index contributed by atoms with van der Waals surface area (Å²) in [5.74, 6) is 3.49. The van der Waals surface area contributed by atoms with E-state index in [2.05, 4.69) is 149 Å². The molecule has 0 N–H and O–H groups in total. The smallest absolute Gasteiger partial charge is 0.126 e. The third kappa shape index (κ3) is 28.8. The van der Waals surface area contributed by atoms with E-state index in [9.17, 15) is 21.0 Å². The largest absolute Gasteiger partial charge is 0.493 e. The molecule has 0 aliphatic heterocycles. The van der Waals surface area contributed by atoms with Crippen molar-refractivity contribution < 1.29 is 18.9 Å². The lowest BCUT2D eigenvalue weighted by Crippen LogP contribution is -2.11. The number of nitriles is 4. The van der Waals surface area contributed by atoms with Crippen molar-refractivity contribution in [2.75, 3.05) is 26.4 Å². The second-order valence-corrected chi connectivity index (χ2v) is 32.1. The van der Waals surface area contributed by atoms with Gasteiger partial charge >= 0.3 is 0 Å². The molecule has 0 saturated heterocycles. The summed E-state index contributed by atoms with van der Waals surface area (Å²) >= 11 is 0. The summed E-state index contributed by atoms with van der Waals surface area (Å²) in [4.78, 5) is 0. The molecule has 8 heteroatoms. The zero-order valence-corrected chi connectivity index (χ0v) is 69.2. The summed E-state index contributed by atoms with van der Waals surface area (Å²) in [5.41, 5.74) is 19.0. The maximum absolute atomic E-state index is 10.2. The number of nitrogens with zero attached hydrogens (tertiary/aromatic N) is 4. The molecule has 0 fully saturated rings. The molecule has 592 valence electrons. The summed E-state index contributed by atoms with van der Waals surface area (Å²) in [6.45, 7) is 11.4. The van der Waals surface area contributed by atoms with Crippen LogP contribution in [0.5, 0.6) is 23.0 Å². The van der Waals surface area contributed by atoms with Gasteiger partial charge in [-0.1, -0.05) is 307 Å². The van der Waals surface area contributed by atoms with E-state index in [1.54, 1.807) is 0 Å². The quantitative estimate of drug-likeness (QED) is 0.0344. The van der Waals surface area contributed by atoms with Gasteiger partial charge in [-0.2, -0.15) is 21.0 Å². The molecule has 0 heterocycles. The Morgan fingerprint density at radius 2 is 0.339 bits per heavy atom. The molecule has 1 aliphatic carbocycles. The molecular weight excluding hydrogens is 1370 g/mol. The summed E-state index contributed by atoms with van der Waals surface area (Å²) in [6, 6.07) is 60.4. The van der Waals surface area contributed by atoms with Gasteiger partial charge in [0.05, 0.1) is 73.0 Å². The molecule has 0 spiro atoms. The summed E-state index contributed by atoms with van der Waals surface area (Å²) in [6.07, 6.45) is 50.7. The molecule has 8 aromatic rings. The van der Waals surface area contributed by atoms with Crippen molar-refractivity contribution in [3.63, 3.8) is 0 Å². The van der Waals surface area contributed by atoms with Gasteiger partial charge in [0.15, 0.2) is 0 Å². The molecule has 0 aromatic heterocycles. The number of rotatable bonds is 52. The molecule has 8 aromatic carbocycles. The predicted molar refractivity (Wildman–Crippen MR) is 467 cm³/mol. The van der Waals surface area contributed by atoms with Crippen molar-refractivity contribution in [3.05, 3.63) is 212 Å². The molecule has 1 aliphatic rings. The van der Waals surface area contributed by atoms with Crippen molar-refractivity contribution in [3.8, 4) is 91.8 Å². The van der Waals surface area contributed by atoms with Crippen LogP contribution in [-0.4, -0.2) is 26.4 Å². The molecule has 9 rings (SSSR count). The van der Waals surface area contributed by atoms with Gasteiger partial charge in [0.1, 0.15) is 23.0 Å². The van der Waals surface area contributed by atoms with Crippen molar-refractivity contribution in [1.29, 1.82) is 21.0 Å². The van der Waals surface area contributed by atoms with Crippen LogP contribution in [-0.2, 0) is 25.7 Å². The second kappa shape index (κ2) is 50.8. The normalized spacial score (nSPS) is 11.7. The Bertz CT molecular complexity index is 3600. The molecule has 112 heavy (non-hydrogen) atoms. The zero-order valence-electron chi connectivity index (χ0n) is 69.2. The highest BCUT2D eigenvalue weighted by molar-refractivity contribution is 5.75. The fourth-order valence-corrected chi connectivity index (χ4v) is 16.3. The lowest BCUT2D eigenvalue weighted by molar-refractivity contribution is 0.293. The minimum absolute atomic E-state index is 0.478. The first kappa shape index (κ1) is 86.9. The molecule has 0 amide bonds. The van der Waals surface area contributed by atoms with E-state index in [1.165, 1.54) is 205 Å². The Morgan fingerprint density at radius 1 is 0.196 bits per heavy atom. The van der Waals surface area contributed by atoms with E-state index < -0.39 is 0 Å². The van der Waals surface area contributed by atoms with Crippen molar-refractivity contribution in [1.82, 2.24) is 0 Å². The number of fused-ring (bicyclic) bond motifs is 8. The lowest BCUT2D eigenvalue weighted by atomic mass is 9.86. The number of hydrogen-bond acceptors (Lipinski definition) is 8. The van der Waals surface area contributed by atoms with Gasteiger partial charge in [-0.15, -0.1) is 0 Å². The fourth-order valence-electron chi connectivity index (χ4n) is 16.3. The molecule has 0 saturated carbocycles. The topological polar surface area (TPSA) is 132 Å². The Balaban J connectivity index is 1.27. The predicted octanol–water partition coefficient (Wildman–Crippen LogP) is 29.7. The Hall–Kier alpha value is -9.08. The summed E-state index contributed by atoms with van der Waals surface area (Å²) in [5, 5.41) is 40.8. The van der Waals surface area contributed by atoms with Crippen molar-refractivity contribution in [2.45, 2.75) is 310 Å². The lowest BCUT2D eigenvalue weighted by Gasteiger charge is -2.25. The van der Waals surface area contributed by atoms with E-state index in [-0.39, 0.29) is 0 Å². The van der Waals surface area contributed by atoms with Gasteiger partial charge in [0.2, 0.25) is 0 Å². The molecule has 0 radical (unpaired) electrons. The molecular formula is C104H132N4O4.